The molecule has 2 aromatic heterocycles. The van der Waals surface area contributed by atoms with Gasteiger partial charge in [-0.3, -0.25) is 4.98 Å². The fraction of sp³-hybridized carbons (Fsp3) is 0.217. The smallest absolute Gasteiger partial charge is 0.206 e. The van der Waals surface area contributed by atoms with E-state index in [1.165, 1.54) is 0 Å². The van der Waals surface area contributed by atoms with Crippen molar-refractivity contribution in [2.75, 3.05) is 31.2 Å². The fourth-order valence-electron chi connectivity index (χ4n) is 3.77. The zero-order chi connectivity index (χ0) is 19.8. The number of anilines is 1. The maximum Gasteiger partial charge on any atom is 0.206 e. The van der Waals surface area contributed by atoms with Gasteiger partial charge in [-0.2, -0.15) is 0 Å². The lowest BCUT2D eigenvalue weighted by atomic mass is 10.1. The summed E-state index contributed by atoms with van der Waals surface area (Å²) in [5.74, 6) is 0.992. The van der Waals surface area contributed by atoms with Crippen LogP contribution in [-0.4, -0.2) is 40.8 Å². The summed E-state index contributed by atoms with van der Waals surface area (Å²) in [5.41, 5.74) is 6.26. The molecule has 0 N–H and O–H groups in total. The zero-order valence-electron chi connectivity index (χ0n) is 16.2. The third-order valence-electron chi connectivity index (χ3n) is 5.39. The minimum atomic E-state index is 0.735. The van der Waals surface area contributed by atoms with E-state index in [9.17, 15) is 0 Å². The Morgan fingerprint density at radius 2 is 1.62 bits per heavy atom. The summed E-state index contributed by atoms with van der Waals surface area (Å²) in [4.78, 5) is 11.8. The van der Waals surface area contributed by atoms with Gasteiger partial charge in [0.15, 0.2) is 0 Å². The molecule has 6 heteroatoms. The molecule has 5 nitrogen and oxygen atoms in total. The Hall–Kier alpha value is -2.89. The average molecular weight is 405 g/mol. The number of nitrogens with zero attached hydrogens (tertiary/aromatic N) is 4. The van der Waals surface area contributed by atoms with Crippen LogP contribution < -0.4 is 4.90 Å². The Balaban J connectivity index is 1.46. The summed E-state index contributed by atoms with van der Waals surface area (Å²) in [6.07, 6.45) is 1.90. The summed E-state index contributed by atoms with van der Waals surface area (Å²) in [6.45, 7) is 3.24. The van der Waals surface area contributed by atoms with E-state index in [1.54, 1.807) is 0 Å². The van der Waals surface area contributed by atoms with Gasteiger partial charge in [0, 0.05) is 42.5 Å². The van der Waals surface area contributed by atoms with Gasteiger partial charge in [0.2, 0.25) is 5.95 Å². The van der Waals surface area contributed by atoms with E-state index in [2.05, 4.69) is 51.8 Å². The van der Waals surface area contributed by atoms with Crippen LogP contribution in [0.25, 0.3) is 33.4 Å². The van der Waals surface area contributed by atoms with Crippen LogP contribution in [0.3, 0.4) is 0 Å². The van der Waals surface area contributed by atoms with E-state index in [1.807, 2.05) is 30.5 Å². The van der Waals surface area contributed by atoms with Crippen LogP contribution in [0.1, 0.15) is 0 Å². The van der Waals surface area contributed by atoms with Gasteiger partial charge in [-0.1, -0.05) is 35.9 Å². The molecule has 0 bridgehead atoms. The van der Waals surface area contributed by atoms with E-state index >= 15 is 0 Å². The molecule has 1 aliphatic rings. The first kappa shape index (κ1) is 18.2. The predicted octanol–water partition coefficient (Wildman–Crippen LogP) is 4.79. The van der Waals surface area contributed by atoms with Crippen molar-refractivity contribution in [2.24, 2.45) is 7.05 Å². The number of rotatable bonds is 3. The highest BCUT2D eigenvalue weighted by molar-refractivity contribution is 6.30. The Bertz CT molecular complexity index is 1150. The van der Waals surface area contributed by atoms with E-state index in [4.69, 9.17) is 21.3 Å². The lowest BCUT2D eigenvalue weighted by molar-refractivity contribution is 0.122. The van der Waals surface area contributed by atoms with Crippen LogP contribution in [0.15, 0.2) is 60.8 Å². The Morgan fingerprint density at radius 1 is 0.897 bits per heavy atom. The number of halogens is 1. The number of ether oxygens (including phenoxy) is 1. The molecule has 2 aromatic carbocycles. The number of benzene rings is 2. The SMILES string of the molecule is Cn1c(N2CCOCC2)nc2cc(-c3ccc(-c4ccc(Cl)cc4)cn3)ccc21. The number of hydrogen-bond acceptors (Lipinski definition) is 4. The standard InChI is InChI=1S/C23H21ClN4O/c1-27-22-9-5-17(14-21(22)26-23(27)28-10-12-29-13-11-28)20-8-4-18(15-25-20)16-2-6-19(24)7-3-16/h2-9,14-15H,10-13H2,1H3. The van der Waals surface area contributed by atoms with Gasteiger partial charge in [-0.15, -0.1) is 0 Å². The minimum Gasteiger partial charge on any atom is -0.378 e. The molecule has 3 heterocycles. The molecule has 5 rings (SSSR count). The number of pyridine rings is 1. The van der Waals surface area contributed by atoms with Crippen molar-refractivity contribution in [1.29, 1.82) is 0 Å². The molecule has 0 spiro atoms. The van der Waals surface area contributed by atoms with Gasteiger partial charge >= 0.3 is 0 Å². The second kappa shape index (κ2) is 7.50. The first-order valence-electron chi connectivity index (χ1n) is 9.70. The Morgan fingerprint density at radius 3 is 2.34 bits per heavy atom. The molecule has 0 atom stereocenters. The molecule has 0 aliphatic carbocycles. The third kappa shape index (κ3) is 3.48. The van der Waals surface area contributed by atoms with Gasteiger partial charge in [-0.25, -0.2) is 4.98 Å². The number of imidazole rings is 1. The lowest BCUT2D eigenvalue weighted by Gasteiger charge is -2.27. The van der Waals surface area contributed by atoms with Crippen molar-refractivity contribution < 1.29 is 4.74 Å². The first-order chi connectivity index (χ1) is 14.2. The van der Waals surface area contributed by atoms with Crippen molar-refractivity contribution in [3.63, 3.8) is 0 Å². The number of hydrogen-bond donors (Lipinski definition) is 0. The topological polar surface area (TPSA) is 43.2 Å². The normalized spacial score (nSPS) is 14.5. The fourth-order valence-corrected chi connectivity index (χ4v) is 3.90. The maximum absolute atomic E-state index is 5.98. The largest absolute Gasteiger partial charge is 0.378 e. The summed E-state index contributed by atoms with van der Waals surface area (Å²) in [7, 11) is 2.07. The van der Waals surface area contributed by atoms with Crippen LogP contribution >= 0.6 is 11.6 Å². The molecule has 29 heavy (non-hydrogen) atoms. The van der Waals surface area contributed by atoms with Crippen molar-refractivity contribution in [3.8, 4) is 22.4 Å². The van der Waals surface area contributed by atoms with Gasteiger partial charge in [0.25, 0.3) is 0 Å². The van der Waals surface area contributed by atoms with Crippen molar-refractivity contribution in [3.05, 3.63) is 65.8 Å². The quantitative estimate of drug-likeness (QED) is 0.492. The van der Waals surface area contributed by atoms with Gasteiger partial charge in [-0.05, 0) is 35.9 Å². The van der Waals surface area contributed by atoms with Crippen LogP contribution in [0.4, 0.5) is 5.95 Å². The maximum atomic E-state index is 5.98. The van der Waals surface area contributed by atoms with Gasteiger partial charge < -0.3 is 14.2 Å². The van der Waals surface area contributed by atoms with E-state index in [0.29, 0.717) is 0 Å². The average Bonchev–Trinajstić information content (AvgIpc) is 3.11. The number of morpholine rings is 1. The summed E-state index contributed by atoms with van der Waals surface area (Å²) < 4.78 is 7.62. The highest BCUT2D eigenvalue weighted by atomic mass is 35.5. The minimum absolute atomic E-state index is 0.735. The van der Waals surface area contributed by atoms with Crippen LogP contribution in [0.5, 0.6) is 0 Å². The highest BCUT2D eigenvalue weighted by Crippen LogP contribution is 2.28. The van der Waals surface area contributed by atoms with Crippen molar-refractivity contribution in [2.45, 2.75) is 0 Å². The summed E-state index contributed by atoms with van der Waals surface area (Å²) in [6, 6.07) is 18.3. The van der Waals surface area contributed by atoms with E-state index < -0.39 is 0 Å². The zero-order valence-corrected chi connectivity index (χ0v) is 16.9. The van der Waals surface area contributed by atoms with E-state index in [-0.39, 0.29) is 0 Å². The van der Waals surface area contributed by atoms with Crippen molar-refractivity contribution in [1.82, 2.24) is 14.5 Å². The summed E-state index contributed by atoms with van der Waals surface area (Å²) in [5, 5.41) is 0.735. The molecule has 146 valence electrons. The Labute approximate surface area is 174 Å². The van der Waals surface area contributed by atoms with Gasteiger partial charge in [0.05, 0.1) is 29.9 Å². The van der Waals surface area contributed by atoms with E-state index in [0.717, 1.165) is 70.7 Å². The number of aryl methyl sites for hydroxylation is 1. The number of aromatic nitrogens is 3. The first-order valence-corrected chi connectivity index (χ1v) is 10.1. The molecule has 1 fully saturated rings. The van der Waals surface area contributed by atoms with Gasteiger partial charge in [0.1, 0.15) is 0 Å². The molecular weight excluding hydrogens is 384 g/mol. The predicted molar refractivity (Wildman–Crippen MR) is 117 cm³/mol. The van der Waals surface area contributed by atoms with Crippen LogP contribution in [-0.2, 0) is 11.8 Å². The molecule has 1 saturated heterocycles. The second-order valence-corrected chi connectivity index (χ2v) is 7.65. The van der Waals surface area contributed by atoms with Crippen LogP contribution in [0.2, 0.25) is 5.02 Å². The molecule has 4 aromatic rings. The summed E-state index contributed by atoms with van der Waals surface area (Å²) >= 11 is 5.98. The monoisotopic (exact) mass is 404 g/mol. The third-order valence-corrected chi connectivity index (χ3v) is 5.64. The lowest BCUT2D eigenvalue weighted by Crippen LogP contribution is -2.37. The van der Waals surface area contributed by atoms with Crippen LogP contribution in [0, 0.1) is 0 Å². The molecular formula is C23H21ClN4O. The van der Waals surface area contributed by atoms with Crippen molar-refractivity contribution >= 4 is 28.6 Å². The second-order valence-electron chi connectivity index (χ2n) is 7.21. The molecule has 0 unspecified atom stereocenters. The molecule has 0 radical (unpaired) electrons. The molecule has 0 amide bonds. The molecule has 1 aliphatic heterocycles. The highest BCUT2D eigenvalue weighted by Gasteiger charge is 2.18. The number of fused-ring (bicyclic) bond motifs is 1. The molecule has 0 saturated carbocycles. The Kier molecular flexibility index (Phi) is 4.70.